The maximum Gasteiger partial charge on any atom is 0.258 e. The minimum Gasteiger partial charge on any atom is -0.326 e. The van der Waals surface area contributed by atoms with E-state index in [1.165, 1.54) is 36.4 Å². The van der Waals surface area contributed by atoms with Crippen LogP contribution in [0.4, 0.5) is 15.9 Å². The molecular formula is C24H15Cl5FN3O2. The highest BCUT2D eigenvalue weighted by atomic mass is 35.5. The molecule has 11 heteroatoms. The largest absolute Gasteiger partial charge is 0.326 e. The molecule has 2 unspecified atom stereocenters. The standard InChI is InChI=1S/C24H15Cl5FN3O2/c1-2-11-3-6-18(32-21(11)30)33-22(34)16-10-15(4-5-17(16)27)31-23(35)20-19(24(20,28)29)12-7-13(25)9-14(26)8-12/h2-10,19-20H,1H2,(H,31,35)(H,32,33,34). The molecule has 0 saturated heterocycles. The Morgan fingerprint density at radius 1 is 1.00 bits per heavy atom. The topological polar surface area (TPSA) is 71.1 Å². The molecule has 2 N–H and O–H groups in total. The number of hydrogen-bond donors (Lipinski definition) is 2. The molecule has 3 aromatic rings. The van der Waals surface area contributed by atoms with Gasteiger partial charge in [0.1, 0.15) is 10.2 Å². The molecule has 0 radical (unpaired) electrons. The van der Waals surface area contributed by atoms with Gasteiger partial charge in [0.2, 0.25) is 11.9 Å². The summed E-state index contributed by atoms with van der Waals surface area (Å²) in [6.45, 7) is 3.48. The Kier molecular flexibility index (Phi) is 7.32. The van der Waals surface area contributed by atoms with Crippen molar-refractivity contribution in [1.29, 1.82) is 0 Å². The molecule has 1 saturated carbocycles. The number of pyridine rings is 1. The van der Waals surface area contributed by atoms with Crippen LogP contribution in [0, 0.1) is 11.9 Å². The molecule has 1 aliphatic carbocycles. The Bertz CT molecular complexity index is 1340. The van der Waals surface area contributed by atoms with Gasteiger partial charge in [-0.1, -0.05) is 47.5 Å². The van der Waals surface area contributed by atoms with E-state index in [9.17, 15) is 14.0 Å². The number of benzene rings is 2. The Balaban J connectivity index is 1.50. The van der Waals surface area contributed by atoms with E-state index < -0.39 is 33.9 Å². The fraction of sp³-hybridized carbons (Fsp3) is 0.125. The lowest BCUT2D eigenvalue weighted by Gasteiger charge is -2.10. The highest BCUT2D eigenvalue weighted by Gasteiger charge is 2.67. The van der Waals surface area contributed by atoms with Gasteiger partial charge in [-0.25, -0.2) is 4.98 Å². The van der Waals surface area contributed by atoms with E-state index in [-0.39, 0.29) is 27.7 Å². The van der Waals surface area contributed by atoms with Crippen LogP contribution in [0.15, 0.2) is 55.1 Å². The van der Waals surface area contributed by atoms with Crippen molar-refractivity contribution in [3.8, 4) is 0 Å². The maximum absolute atomic E-state index is 13.9. The van der Waals surface area contributed by atoms with Gasteiger partial charge in [0, 0.05) is 27.2 Å². The summed E-state index contributed by atoms with van der Waals surface area (Å²) in [4.78, 5) is 29.4. The molecule has 1 heterocycles. The van der Waals surface area contributed by atoms with Crippen molar-refractivity contribution in [3.05, 3.63) is 92.8 Å². The van der Waals surface area contributed by atoms with Crippen LogP contribution in [-0.4, -0.2) is 21.1 Å². The minimum atomic E-state index is -1.36. The van der Waals surface area contributed by atoms with E-state index in [0.29, 0.717) is 15.6 Å². The molecule has 1 aromatic heterocycles. The molecule has 0 aliphatic heterocycles. The van der Waals surface area contributed by atoms with Gasteiger partial charge >= 0.3 is 0 Å². The number of amides is 2. The Morgan fingerprint density at radius 3 is 2.31 bits per heavy atom. The number of carbonyl (C=O) groups excluding carboxylic acids is 2. The fourth-order valence-corrected chi connectivity index (χ4v) is 5.24. The summed E-state index contributed by atoms with van der Waals surface area (Å²) in [5.41, 5.74) is 1.14. The van der Waals surface area contributed by atoms with E-state index in [1.807, 2.05) is 0 Å². The van der Waals surface area contributed by atoms with Crippen molar-refractivity contribution < 1.29 is 14.0 Å². The van der Waals surface area contributed by atoms with Crippen LogP contribution in [0.25, 0.3) is 6.08 Å². The Morgan fingerprint density at radius 2 is 1.69 bits per heavy atom. The first-order valence-corrected chi connectivity index (χ1v) is 11.9. The second kappa shape index (κ2) is 9.96. The second-order valence-electron chi connectivity index (χ2n) is 7.75. The molecule has 35 heavy (non-hydrogen) atoms. The first-order chi connectivity index (χ1) is 16.5. The number of hydrogen-bond acceptors (Lipinski definition) is 3. The van der Waals surface area contributed by atoms with Gasteiger partial charge < -0.3 is 10.6 Å². The predicted molar refractivity (Wildman–Crippen MR) is 139 cm³/mol. The number of nitrogens with zero attached hydrogens (tertiary/aromatic N) is 1. The number of alkyl halides is 2. The number of nitrogens with one attached hydrogen (secondary N) is 2. The summed E-state index contributed by atoms with van der Waals surface area (Å²) >= 11 is 31.1. The highest BCUT2D eigenvalue weighted by Crippen LogP contribution is 2.65. The van der Waals surface area contributed by atoms with Gasteiger partial charge in [-0.3, -0.25) is 9.59 Å². The summed E-state index contributed by atoms with van der Waals surface area (Å²) in [7, 11) is 0. The van der Waals surface area contributed by atoms with Gasteiger partial charge in [0.15, 0.2) is 0 Å². The normalized spacial score (nSPS) is 18.0. The maximum atomic E-state index is 13.9. The van der Waals surface area contributed by atoms with Gasteiger partial charge in [-0.05, 0) is 54.1 Å². The molecule has 5 nitrogen and oxygen atoms in total. The van der Waals surface area contributed by atoms with Gasteiger partial charge in [-0.2, -0.15) is 4.39 Å². The predicted octanol–water partition coefficient (Wildman–Crippen LogP) is 7.60. The van der Waals surface area contributed by atoms with Crippen molar-refractivity contribution in [1.82, 2.24) is 4.98 Å². The SMILES string of the molecule is C=Cc1ccc(NC(=O)c2cc(NC(=O)C3C(c4cc(Cl)cc(Cl)c4)C3(Cl)Cl)ccc2Cl)nc1F. The number of aromatic nitrogens is 1. The molecule has 1 aliphatic rings. The quantitative estimate of drug-likeness (QED) is 0.236. The lowest BCUT2D eigenvalue weighted by molar-refractivity contribution is -0.117. The van der Waals surface area contributed by atoms with E-state index >= 15 is 0 Å². The third-order valence-corrected chi connectivity index (χ3v) is 7.10. The second-order valence-corrected chi connectivity index (χ2v) is 10.5. The van der Waals surface area contributed by atoms with Crippen LogP contribution in [0.1, 0.15) is 27.4 Å². The summed E-state index contributed by atoms with van der Waals surface area (Å²) in [5, 5.41) is 6.07. The van der Waals surface area contributed by atoms with E-state index in [2.05, 4.69) is 22.2 Å². The average molecular weight is 574 g/mol. The van der Waals surface area contributed by atoms with Crippen molar-refractivity contribution in [2.24, 2.45) is 5.92 Å². The molecule has 0 spiro atoms. The lowest BCUT2D eigenvalue weighted by atomic mass is 10.1. The number of anilines is 2. The molecule has 2 amide bonds. The number of rotatable bonds is 6. The fourth-order valence-electron chi connectivity index (χ4n) is 3.67. The summed E-state index contributed by atoms with van der Waals surface area (Å²) < 4.78 is 12.5. The zero-order valence-electron chi connectivity index (χ0n) is 17.6. The van der Waals surface area contributed by atoms with Crippen LogP contribution < -0.4 is 10.6 Å². The van der Waals surface area contributed by atoms with Crippen LogP contribution >= 0.6 is 58.0 Å². The van der Waals surface area contributed by atoms with E-state index in [0.717, 1.165) is 0 Å². The molecule has 1 fully saturated rings. The van der Waals surface area contributed by atoms with Crippen LogP contribution in [0.3, 0.4) is 0 Å². The Labute approximate surface area is 225 Å². The smallest absolute Gasteiger partial charge is 0.258 e. The van der Waals surface area contributed by atoms with Crippen LogP contribution in [0.5, 0.6) is 0 Å². The molecular weight excluding hydrogens is 559 g/mol. The lowest BCUT2D eigenvalue weighted by Crippen LogP contribution is -2.18. The molecule has 2 atom stereocenters. The summed E-state index contributed by atoms with van der Waals surface area (Å²) in [5.74, 6) is -3.23. The third-order valence-electron chi connectivity index (χ3n) is 5.40. The highest BCUT2D eigenvalue weighted by molar-refractivity contribution is 6.53. The van der Waals surface area contributed by atoms with E-state index in [1.54, 1.807) is 18.2 Å². The molecule has 4 rings (SSSR count). The van der Waals surface area contributed by atoms with Crippen molar-refractivity contribution in [3.63, 3.8) is 0 Å². The van der Waals surface area contributed by atoms with E-state index in [4.69, 9.17) is 58.0 Å². The summed E-state index contributed by atoms with van der Waals surface area (Å²) in [6.07, 6.45) is 1.30. The third kappa shape index (κ3) is 5.42. The monoisotopic (exact) mass is 571 g/mol. The molecule has 2 aromatic carbocycles. The number of carbonyl (C=O) groups is 2. The summed E-state index contributed by atoms with van der Waals surface area (Å²) in [6, 6.07) is 12.0. The first-order valence-electron chi connectivity index (χ1n) is 10.1. The van der Waals surface area contributed by atoms with Gasteiger partial charge in [0.05, 0.1) is 16.5 Å². The average Bonchev–Trinajstić information content (AvgIpc) is 3.36. The zero-order valence-corrected chi connectivity index (χ0v) is 21.4. The number of halogens is 6. The van der Waals surface area contributed by atoms with Crippen molar-refractivity contribution in [2.75, 3.05) is 10.6 Å². The Hall–Kier alpha value is -2.35. The van der Waals surface area contributed by atoms with Crippen molar-refractivity contribution >= 4 is 87.4 Å². The van der Waals surface area contributed by atoms with Gasteiger partial charge in [0.25, 0.3) is 5.91 Å². The van der Waals surface area contributed by atoms with Gasteiger partial charge in [-0.15, -0.1) is 23.2 Å². The molecule has 180 valence electrons. The van der Waals surface area contributed by atoms with Crippen molar-refractivity contribution in [2.45, 2.75) is 10.3 Å². The van der Waals surface area contributed by atoms with Crippen LogP contribution in [0.2, 0.25) is 15.1 Å². The first kappa shape index (κ1) is 25.7. The zero-order chi connectivity index (χ0) is 25.5. The minimum absolute atomic E-state index is 0.0151. The van der Waals surface area contributed by atoms with Crippen LogP contribution in [-0.2, 0) is 4.79 Å². The molecule has 0 bridgehead atoms.